The second-order valence-corrected chi connectivity index (χ2v) is 6.85. The third-order valence-corrected chi connectivity index (χ3v) is 5.46. The standard InChI is InChI=1S/C21H19NO6/c1-2-15(19(25)26)22-16-6-4-3-5-13(16)21(11-23,20(22)27)14-9-12-7-8-28-18(12)10-17(14)24/h3-10,15,23-24H,2,11H2,1H3,(H,25,26). The number of furan rings is 1. The number of phenolic OH excluding ortho intramolecular Hbond substituents is 1. The van der Waals surface area contributed by atoms with E-state index < -0.39 is 29.9 Å². The topological polar surface area (TPSA) is 111 Å². The van der Waals surface area contributed by atoms with Crippen LogP contribution >= 0.6 is 0 Å². The van der Waals surface area contributed by atoms with E-state index in [2.05, 4.69) is 0 Å². The average Bonchev–Trinajstić information content (AvgIpc) is 3.23. The van der Waals surface area contributed by atoms with Gasteiger partial charge in [-0.2, -0.15) is 0 Å². The summed E-state index contributed by atoms with van der Waals surface area (Å²) in [5, 5.41) is 31.4. The summed E-state index contributed by atoms with van der Waals surface area (Å²) in [6.45, 7) is 1.06. The first-order valence-corrected chi connectivity index (χ1v) is 8.93. The summed E-state index contributed by atoms with van der Waals surface area (Å²) in [6.07, 6.45) is 1.66. The van der Waals surface area contributed by atoms with Gasteiger partial charge in [0.1, 0.15) is 22.8 Å². The quantitative estimate of drug-likeness (QED) is 0.626. The smallest absolute Gasteiger partial charge is 0.326 e. The van der Waals surface area contributed by atoms with Gasteiger partial charge >= 0.3 is 5.97 Å². The minimum atomic E-state index is -1.60. The van der Waals surface area contributed by atoms with E-state index in [-0.39, 0.29) is 17.7 Å². The summed E-state index contributed by atoms with van der Waals surface area (Å²) in [5.41, 5.74) is -0.0662. The van der Waals surface area contributed by atoms with Crippen molar-refractivity contribution in [2.45, 2.75) is 24.8 Å². The number of nitrogens with zero attached hydrogens (tertiary/aromatic N) is 1. The number of hydrogen-bond donors (Lipinski definition) is 3. The summed E-state index contributed by atoms with van der Waals surface area (Å²) < 4.78 is 5.29. The van der Waals surface area contributed by atoms with Gasteiger partial charge in [-0.15, -0.1) is 0 Å². The number of amides is 1. The molecule has 2 atom stereocenters. The van der Waals surface area contributed by atoms with Gasteiger partial charge in [0, 0.05) is 22.7 Å². The van der Waals surface area contributed by atoms with E-state index in [9.17, 15) is 24.9 Å². The maximum Gasteiger partial charge on any atom is 0.326 e. The molecule has 4 rings (SSSR count). The van der Waals surface area contributed by atoms with E-state index in [1.807, 2.05) is 0 Å². The largest absolute Gasteiger partial charge is 0.507 e. The molecule has 1 aliphatic heterocycles. The molecular formula is C21H19NO6. The lowest BCUT2D eigenvalue weighted by Crippen LogP contribution is -2.50. The highest BCUT2D eigenvalue weighted by Gasteiger charge is 2.55. The van der Waals surface area contributed by atoms with Gasteiger partial charge in [0.05, 0.1) is 12.9 Å². The zero-order valence-corrected chi connectivity index (χ0v) is 15.1. The molecule has 3 aromatic rings. The Labute approximate surface area is 160 Å². The van der Waals surface area contributed by atoms with Gasteiger partial charge in [0.15, 0.2) is 0 Å². The average molecular weight is 381 g/mol. The second kappa shape index (κ2) is 6.38. The number of phenols is 1. The number of aliphatic carboxylic acids is 1. The van der Waals surface area contributed by atoms with Crippen molar-refractivity contribution in [3.05, 3.63) is 59.9 Å². The van der Waals surface area contributed by atoms with E-state index in [0.29, 0.717) is 22.2 Å². The Bertz CT molecular complexity index is 1090. The summed E-state index contributed by atoms with van der Waals surface area (Å²) in [5.74, 6) is -1.91. The lowest BCUT2D eigenvalue weighted by atomic mass is 9.75. The van der Waals surface area contributed by atoms with Crippen LogP contribution in [0.4, 0.5) is 5.69 Å². The molecule has 0 bridgehead atoms. The molecule has 1 aliphatic rings. The molecule has 0 saturated heterocycles. The summed E-state index contributed by atoms with van der Waals surface area (Å²) in [6, 6.07) is 10.4. The summed E-state index contributed by atoms with van der Waals surface area (Å²) in [4.78, 5) is 26.6. The molecule has 0 radical (unpaired) electrons. The highest BCUT2D eigenvalue weighted by molar-refractivity contribution is 6.14. The van der Waals surface area contributed by atoms with Crippen LogP contribution in [0.2, 0.25) is 0 Å². The van der Waals surface area contributed by atoms with E-state index >= 15 is 0 Å². The van der Waals surface area contributed by atoms with Crippen LogP contribution in [0, 0.1) is 0 Å². The first kappa shape index (κ1) is 18.1. The Balaban J connectivity index is 2.01. The molecule has 28 heavy (non-hydrogen) atoms. The molecule has 2 aromatic carbocycles. The monoisotopic (exact) mass is 381 g/mol. The van der Waals surface area contributed by atoms with Crippen LogP contribution in [-0.2, 0) is 15.0 Å². The fourth-order valence-corrected chi connectivity index (χ4v) is 4.09. The minimum absolute atomic E-state index is 0.198. The van der Waals surface area contributed by atoms with Crippen molar-refractivity contribution in [1.82, 2.24) is 0 Å². The predicted molar refractivity (Wildman–Crippen MR) is 101 cm³/mol. The van der Waals surface area contributed by atoms with Crippen molar-refractivity contribution >= 4 is 28.5 Å². The van der Waals surface area contributed by atoms with Crippen LogP contribution in [0.3, 0.4) is 0 Å². The number of hydrogen-bond acceptors (Lipinski definition) is 5. The molecule has 7 nitrogen and oxygen atoms in total. The van der Waals surface area contributed by atoms with Crippen LogP contribution < -0.4 is 4.90 Å². The van der Waals surface area contributed by atoms with E-state index in [4.69, 9.17) is 4.42 Å². The van der Waals surface area contributed by atoms with Crippen molar-refractivity contribution in [2.75, 3.05) is 11.5 Å². The first-order chi connectivity index (χ1) is 13.5. The molecule has 7 heteroatoms. The number of rotatable bonds is 5. The molecular weight excluding hydrogens is 362 g/mol. The number of benzene rings is 2. The molecule has 0 saturated carbocycles. The molecule has 3 N–H and O–H groups in total. The van der Waals surface area contributed by atoms with Crippen molar-refractivity contribution in [3.63, 3.8) is 0 Å². The fourth-order valence-electron chi connectivity index (χ4n) is 4.09. The number of aliphatic hydroxyl groups excluding tert-OH is 1. The number of carboxylic acids is 1. The number of carbonyl (C=O) groups is 2. The van der Waals surface area contributed by atoms with Crippen molar-refractivity contribution in [3.8, 4) is 5.75 Å². The van der Waals surface area contributed by atoms with E-state index in [1.165, 1.54) is 17.2 Å². The molecule has 1 aromatic heterocycles. The van der Waals surface area contributed by atoms with Crippen molar-refractivity contribution in [2.24, 2.45) is 0 Å². The maximum absolute atomic E-state index is 13.6. The Kier molecular flexibility index (Phi) is 4.12. The molecule has 0 spiro atoms. The molecule has 2 unspecified atom stereocenters. The lowest BCUT2D eigenvalue weighted by Gasteiger charge is -2.30. The molecule has 0 fully saturated rings. The third kappa shape index (κ3) is 2.26. The van der Waals surface area contributed by atoms with Crippen LogP contribution in [0.1, 0.15) is 24.5 Å². The molecule has 1 amide bonds. The lowest BCUT2D eigenvalue weighted by molar-refractivity contribution is -0.140. The van der Waals surface area contributed by atoms with Gasteiger partial charge in [0.2, 0.25) is 5.91 Å². The fraction of sp³-hybridized carbons (Fsp3) is 0.238. The van der Waals surface area contributed by atoms with Crippen LogP contribution in [0.15, 0.2) is 53.1 Å². The second-order valence-electron chi connectivity index (χ2n) is 6.85. The molecule has 0 aliphatic carbocycles. The number of fused-ring (bicyclic) bond motifs is 2. The van der Waals surface area contributed by atoms with Gasteiger partial charge in [-0.25, -0.2) is 4.79 Å². The highest BCUT2D eigenvalue weighted by atomic mass is 16.4. The number of anilines is 1. The predicted octanol–water partition coefficient (Wildman–Crippen LogP) is 2.63. The zero-order chi connectivity index (χ0) is 20.1. The third-order valence-electron chi connectivity index (χ3n) is 5.46. The van der Waals surface area contributed by atoms with E-state index in [1.54, 1.807) is 43.3 Å². The Morgan fingerprint density at radius 3 is 2.64 bits per heavy atom. The van der Waals surface area contributed by atoms with Gasteiger partial charge < -0.3 is 19.7 Å². The van der Waals surface area contributed by atoms with Crippen molar-refractivity contribution < 1.29 is 29.3 Å². The summed E-state index contributed by atoms with van der Waals surface area (Å²) >= 11 is 0. The van der Waals surface area contributed by atoms with Gasteiger partial charge in [-0.3, -0.25) is 9.69 Å². The van der Waals surface area contributed by atoms with Crippen LogP contribution in [0.5, 0.6) is 5.75 Å². The number of carboxylic acid groups (broad SMARTS) is 1. The Morgan fingerprint density at radius 2 is 1.96 bits per heavy atom. The molecule has 144 valence electrons. The Morgan fingerprint density at radius 1 is 1.21 bits per heavy atom. The number of carbonyl (C=O) groups excluding carboxylic acids is 1. The maximum atomic E-state index is 13.6. The number of aromatic hydroxyl groups is 1. The van der Waals surface area contributed by atoms with Gasteiger partial charge in [0.25, 0.3) is 0 Å². The SMILES string of the molecule is CCC(C(=O)O)N1C(=O)C(CO)(c2cc3ccoc3cc2O)c2ccccc21. The normalized spacial score (nSPS) is 19.8. The zero-order valence-electron chi connectivity index (χ0n) is 15.1. The number of aliphatic hydroxyl groups is 1. The van der Waals surface area contributed by atoms with Gasteiger partial charge in [-0.1, -0.05) is 25.1 Å². The first-order valence-electron chi connectivity index (χ1n) is 8.93. The van der Waals surface area contributed by atoms with Crippen molar-refractivity contribution in [1.29, 1.82) is 0 Å². The van der Waals surface area contributed by atoms with Gasteiger partial charge in [-0.05, 0) is 30.2 Å². The minimum Gasteiger partial charge on any atom is -0.507 e. The summed E-state index contributed by atoms with van der Waals surface area (Å²) in [7, 11) is 0. The molecule has 2 heterocycles. The number of para-hydroxylation sites is 1. The van der Waals surface area contributed by atoms with E-state index in [0.717, 1.165) is 0 Å². The Hall–Kier alpha value is -3.32. The van der Waals surface area contributed by atoms with Crippen LogP contribution in [-0.4, -0.2) is 39.8 Å². The highest BCUT2D eigenvalue weighted by Crippen LogP contribution is 2.50. The van der Waals surface area contributed by atoms with Crippen LogP contribution in [0.25, 0.3) is 11.0 Å².